The number of aromatic nitrogens is 2. The molecule has 0 aromatic carbocycles. The molecule has 122 valence electrons. The molecule has 0 bridgehead atoms. The first-order chi connectivity index (χ1) is 10.2. The lowest BCUT2D eigenvalue weighted by molar-refractivity contribution is -0.142. The van der Waals surface area contributed by atoms with E-state index in [-0.39, 0.29) is 12.4 Å². The van der Waals surface area contributed by atoms with Gasteiger partial charge in [-0.05, 0) is 56.7 Å². The maximum atomic E-state index is 13.3. The predicted octanol–water partition coefficient (Wildman–Crippen LogP) is 1.79. The normalized spacial score (nSPS) is 25.5. The minimum Gasteiger partial charge on any atom is -0.340 e. The molecule has 1 aromatic heterocycles. The molecule has 2 aliphatic heterocycles. The van der Waals surface area contributed by atoms with Crippen LogP contribution in [0, 0.1) is 5.41 Å². The average Bonchev–Trinajstić information content (AvgIpc) is 3.16. The minimum absolute atomic E-state index is 0. The summed E-state index contributed by atoms with van der Waals surface area (Å²) in [6.45, 7) is 3.70. The van der Waals surface area contributed by atoms with Crippen LogP contribution in [-0.2, 0) is 10.3 Å². The standard InChI is InChI=1S/C16H24N4O.ClH/c21-14(19-12-7-15(13-19)3-1-4-15)16(5-9-17-10-6-16)20-11-2-8-18-20;/h2,8,11,17H,1,3-7,9-10,12-13H2;1H. The van der Waals surface area contributed by atoms with Gasteiger partial charge < -0.3 is 10.2 Å². The van der Waals surface area contributed by atoms with E-state index in [1.807, 2.05) is 16.9 Å². The molecule has 3 aliphatic rings. The van der Waals surface area contributed by atoms with E-state index in [0.717, 1.165) is 39.0 Å². The summed E-state index contributed by atoms with van der Waals surface area (Å²) in [7, 11) is 0. The molecule has 3 heterocycles. The van der Waals surface area contributed by atoms with Crippen molar-refractivity contribution in [2.24, 2.45) is 5.41 Å². The van der Waals surface area contributed by atoms with E-state index in [1.165, 1.54) is 25.7 Å². The second kappa shape index (κ2) is 5.85. The number of nitrogens with zero attached hydrogens (tertiary/aromatic N) is 3. The number of piperidine rings is 1. The van der Waals surface area contributed by atoms with E-state index in [9.17, 15) is 4.79 Å². The Morgan fingerprint density at radius 2 is 1.91 bits per heavy atom. The number of halogens is 1. The van der Waals surface area contributed by atoms with Crippen molar-refractivity contribution in [3.05, 3.63) is 18.5 Å². The SMILES string of the molecule is Cl.O=C(N1CCC2(CCC2)C1)C1(n2cccn2)CCNCC1. The summed E-state index contributed by atoms with van der Waals surface area (Å²) in [5.41, 5.74) is 0.0118. The number of nitrogens with one attached hydrogen (secondary N) is 1. The van der Waals surface area contributed by atoms with E-state index in [2.05, 4.69) is 15.3 Å². The molecule has 0 atom stereocenters. The van der Waals surface area contributed by atoms with Gasteiger partial charge in [0.05, 0.1) is 0 Å². The van der Waals surface area contributed by atoms with Gasteiger partial charge in [-0.25, -0.2) is 0 Å². The van der Waals surface area contributed by atoms with E-state index in [0.29, 0.717) is 11.3 Å². The molecule has 1 spiro atoms. The highest BCUT2D eigenvalue weighted by atomic mass is 35.5. The third-order valence-corrected chi connectivity index (χ3v) is 5.91. The number of hydrogen-bond acceptors (Lipinski definition) is 3. The van der Waals surface area contributed by atoms with E-state index >= 15 is 0 Å². The summed E-state index contributed by atoms with van der Waals surface area (Å²) in [4.78, 5) is 15.4. The van der Waals surface area contributed by atoms with Gasteiger partial charge in [-0.15, -0.1) is 12.4 Å². The Balaban J connectivity index is 0.00000144. The van der Waals surface area contributed by atoms with Crippen LogP contribution in [0.1, 0.15) is 38.5 Å². The number of amides is 1. The van der Waals surface area contributed by atoms with Gasteiger partial charge in [0.1, 0.15) is 5.54 Å². The molecule has 6 heteroatoms. The molecule has 1 aromatic rings. The summed E-state index contributed by atoms with van der Waals surface area (Å²) in [6, 6.07) is 1.93. The van der Waals surface area contributed by atoms with Crippen LogP contribution in [0.25, 0.3) is 0 Å². The molecule has 1 aliphatic carbocycles. The molecule has 1 amide bonds. The molecule has 2 saturated heterocycles. The van der Waals surface area contributed by atoms with Gasteiger partial charge in [0.2, 0.25) is 0 Å². The van der Waals surface area contributed by atoms with E-state index in [1.54, 1.807) is 6.20 Å². The maximum Gasteiger partial charge on any atom is 0.250 e. The van der Waals surface area contributed by atoms with Crippen molar-refractivity contribution < 1.29 is 4.79 Å². The molecular weight excluding hydrogens is 300 g/mol. The first kappa shape index (κ1) is 15.8. The van der Waals surface area contributed by atoms with Gasteiger partial charge in [-0.1, -0.05) is 6.42 Å². The summed E-state index contributed by atoms with van der Waals surface area (Å²) in [5, 5.41) is 7.79. The monoisotopic (exact) mass is 324 g/mol. The Morgan fingerprint density at radius 1 is 1.14 bits per heavy atom. The lowest BCUT2D eigenvalue weighted by Crippen LogP contribution is -2.55. The average molecular weight is 325 g/mol. The van der Waals surface area contributed by atoms with Crippen LogP contribution in [0.4, 0.5) is 0 Å². The lowest BCUT2D eigenvalue weighted by Gasteiger charge is -2.41. The summed E-state index contributed by atoms with van der Waals surface area (Å²) >= 11 is 0. The van der Waals surface area contributed by atoms with Gasteiger partial charge in [-0.2, -0.15) is 5.10 Å². The van der Waals surface area contributed by atoms with Crippen molar-refractivity contribution in [3.63, 3.8) is 0 Å². The first-order valence-corrected chi connectivity index (χ1v) is 8.25. The molecule has 0 radical (unpaired) electrons. The van der Waals surface area contributed by atoms with Gasteiger partial charge in [0, 0.05) is 25.5 Å². The Bertz CT molecular complexity index is 520. The summed E-state index contributed by atoms with van der Waals surface area (Å²) in [5.74, 6) is 0.302. The zero-order valence-corrected chi connectivity index (χ0v) is 13.8. The van der Waals surface area contributed by atoms with Crippen LogP contribution in [-0.4, -0.2) is 46.8 Å². The fourth-order valence-corrected chi connectivity index (χ4v) is 4.39. The fourth-order valence-electron chi connectivity index (χ4n) is 4.39. The van der Waals surface area contributed by atoms with Crippen molar-refractivity contribution in [1.82, 2.24) is 20.0 Å². The minimum atomic E-state index is -0.454. The molecular formula is C16H25ClN4O. The Kier molecular flexibility index (Phi) is 4.21. The van der Waals surface area contributed by atoms with Gasteiger partial charge in [-0.3, -0.25) is 9.48 Å². The van der Waals surface area contributed by atoms with E-state index < -0.39 is 5.54 Å². The van der Waals surface area contributed by atoms with Crippen molar-refractivity contribution in [3.8, 4) is 0 Å². The third-order valence-electron chi connectivity index (χ3n) is 5.91. The fraction of sp³-hybridized carbons (Fsp3) is 0.750. The molecule has 1 N–H and O–H groups in total. The van der Waals surface area contributed by atoms with Crippen LogP contribution in [0.5, 0.6) is 0 Å². The number of carbonyl (C=O) groups excluding carboxylic acids is 1. The summed E-state index contributed by atoms with van der Waals surface area (Å²) < 4.78 is 1.92. The molecule has 0 unspecified atom stereocenters. The predicted molar refractivity (Wildman–Crippen MR) is 87.0 cm³/mol. The maximum absolute atomic E-state index is 13.3. The Morgan fingerprint density at radius 3 is 2.45 bits per heavy atom. The Labute approximate surface area is 137 Å². The zero-order valence-electron chi connectivity index (χ0n) is 13.0. The quantitative estimate of drug-likeness (QED) is 0.902. The molecule has 1 saturated carbocycles. The molecule has 5 nitrogen and oxygen atoms in total. The topological polar surface area (TPSA) is 50.2 Å². The number of hydrogen-bond donors (Lipinski definition) is 1. The number of likely N-dealkylation sites (tertiary alicyclic amines) is 1. The van der Waals surface area contributed by atoms with Crippen LogP contribution in [0.3, 0.4) is 0 Å². The highest BCUT2D eigenvalue weighted by Crippen LogP contribution is 2.48. The third kappa shape index (κ3) is 2.35. The smallest absolute Gasteiger partial charge is 0.250 e. The second-order valence-corrected chi connectivity index (χ2v) is 7.06. The van der Waals surface area contributed by atoms with Crippen molar-refractivity contribution in [2.75, 3.05) is 26.2 Å². The van der Waals surface area contributed by atoms with Crippen LogP contribution < -0.4 is 5.32 Å². The van der Waals surface area contributed by atoms with Gasteiger partial charge in [0.25, 0.3) is 5.91 Å². The second-order valence-electron chi connectivity index (χ2n) is 7.06. The van der Waals surface area contributed by atoms with Crippen molar-refractivity contribution in [2.45, 2.75) is 44.1 Å². The zero-order chi connectivity index (χ0) is 14.3. The van der Waals surface area contributed by atoms with Crippen LogP contribution in [0.15, 0.2) is 18.5 Å². The van der Waals surface area contributed by atoms with Crippen molar-refractivity contribution >= 4 is 18.3 Å². The van der Waals surface area contributed by atoms with Crippen LogP contribution in [0.2, 0.25) is 0 Å². The Hall–Kier alpha value is -1.07. The molecule has 22 heavy (non-hydrogen) atoms. The molecule has 3 fully saturated rings. The lowest BCUT2D eigenvalue weighted by atomic mass is 9.68. The number of rotatable bonds is 2. The van der Waals surface area contributed by atoms with Gasteiger partial charge in [0.15, 0.2) is 0 Å². The largest absolute Gasteiger partial charge is 0.340 e. The molecule has 4 rings (SSSR count). The van der Waals surface area contributed by atoms with E-state index in [4.69, 9.17) is 0 Å². The van der Waals surface area contributed by atoms with Crippen LogP contribution >= 0.6 is 12.4 Å². The van der Waals surface area contributed by atoms with Crippen molar-refractivity contribution in [1.29, 1.82) is 0 Å². The highest BCUT2D eigenvalue weighted by Gasteiger charge is 2.50. The first-order valence-electron chi connectivity index (χ1n) is 8.25. The number of carbonyl (C=O) groups is 1. The highest BCUT2D eigenvalue weighted by molar-refractivity contribution is 5.85. The summed E-state index contributed by atoms with van der Waals surface area (Å²) in [6.07, 6.45) is 10.6. The van der Waals surface area contributed by atoms with Gasteiger partial charge >= 0.3 is 0 Å².